The smallest absolute Gasteiger partial charge is 0.410 e. The van der Waals surface area contributed by atoms with Crippen LogP contribution in [0.3, 0.4) is 0 Å². The number of hydrogen-bond donors (Lipinski definition) is 1. The molecular formula is C18H28N2O3. The molecule has 2 heterocycles. The van der Waals surface area contributed by atoms with Crippen molar-refractivity contribution in [1.29, 1.82) is 0 Å². The van der Waals surface area contributed by atoms with E-state index >= 15 is 0 Å². The largest absolute Gasteiger partial charge is 0.472 e. The van der Waals surface area contributed by atoms with Gasteiger partial charge in [0.05, 0.1) is 12.5 Å². The first-order valence-electron chi connectivity index (χ1n) is 8.63. The van der Waals surface area contributed by atoms with Crippen LogP contribution in [-0.4, -0.2) is 34.7 Å². The Kier molecular flexibility index (Phi) is 4.41. The van der Waals surface area contributed by atoms with Crippen molar-refractivity contribution in [2.24, 2.45) is 0 Å². The molecule has 3 rings (SSSR count). The number of furan rings is 1. The van der Waals surface area contributed by atoms with Gasteiger partial charge in [0.1, 0.15) is 5.60 Å². The van der Waals surface area contributed by atoms with E-state index in [0.29, 0.717) is 6.04 Å². The molecule has 1 saturated heterocycles. The van der Waals surface area contributed by atoms with Crippen LogP contribution in [-0.2, 0) is 11.3 Å². The van der Waals surface area contributed by atoms with E-state index in [9.17, 15) is 4.79 Å². The molecule has 1 aromatic rings. The van der Waals surface area contributed by atoms with Crippen molar-refractivity contribution >= 4 is 6.09 Å². The van der Waals surface area contributed by atoms with Gasteiger partial charge in [0.25, 0.3) is 0 Å². The summed E-state index contributed by atoms with van der Waals surface area (Å²) in [6.45, 7) is 7.38. The zero-order chi connectivity index (χ0) is 16.5. The van der Waals surface area contributed by atoms with E-state index in [1.807, 2.05) is 31.7 Å². The molecule has 1 unspecified atom stereocenters. The highest BCUT2D eigenvalue weighted by Crippen LogP contribution is 2.45. The number of nitrogens with one attached hydrogen (secondary N) is 1. The summed E-state index contributed by atoms with van der Waals surface area (Å²) in [5.41, 5.74) is 0.745. The van der Waals surface area contributed by atoms with Gasteiger partial charge in [0, 0.05) is 30.2 Å². The number of piperidine rings is 1. The third kappa shape index (κ3) is 3.71. The molecule has 2 aliphatic rings. The Hall–Kier alpha value is -1.49. The predicted octanol–water partition coefficient (Wildman–Crippen LogP) is 3.69. The highest BCUT2D eigenvalue weighted by molar-refractivity contribution is 5.69. The van der Waals surface area contributed by atoms with E-state index in [2.05, 4.69) is 5.32 Å². The van der Waals surface area contributed by atoms with E-state index in [4.69, 9.17) is 9.15 Å². The van der Waals surface area contributed by atoms with Crippen LogP contribution in [0, 0.1) is 0 Å². The lowest BCUT2D eigenvalue weighted by Gasteiger charge is -2.54. The maximum atomic E-state index is 12.5. The number of ether oxygens (including phenoxy) is 1. The first-order valence-corrected chi connectivity index (χ1v) is 8.63. The van der Waals surface area contributed by atoms with Gasteiger partial charge in [-0.1, -0.05) is 0 Å². The molecule has 1 saturated carbocycles. The number of rotatable bonds is 3. The van der Waals surface area contributed by atoms with Crippen LogP contribution in [0.25, 0.3) is 0 Å². The predicted molar refractivity (Wildman–Crippen MR) is 88.1 cm³/mol. The third-order valence-electron chi connectivity index (χ3n) is 4.97. The average Bonchev–Trinajstić information content (AvgIpc) is 2.94. The summed E-state index contributed by atoms with van der Waals surface area (Å²) in [7, 11) is 0. The van der Waals surface area contributed by atoms with Crippen LogP contribution in [0.4, 0.5) is 4.79 Å². The molecule has 0 bridgehead atoms. The van der Waals surface area contributed by atoms with Gasteiger partial charge in [-0.05, 0) is 58.9 Å². The lowest BCUT2D eigenvalue weighted by Crippen LogP contribution is -2.63. The number of hydrogen-bond acceptors (Lipinski definition) is 4. The van der Waals surface area contributed by atoms with E-state index in [0.717, 1.165) is 38.8 Å². The van der Waals surface area contributed by atoms with Crippen LogP contribution >= 0.6 is 0 Å². The monoisotopic (exact) mass is 320 g/mol. The van der Waals surface area contributed by atoms with Gasteiger partial charge in [0.15, 0.2) is 0 Å². The molecule has 1 N–H and O–H groups in total. The average molecular weight is 320 g/mol. The van der Waals surface area contributed by atoms with E-state index in [1.54, 1.807) is 12.5 Å². The van der Waals surface area contributed by atoms with Gasteiger partial charge in [-0.25, -0.2) is 4.79 Å². The number of carbonyl (C=O) groups is 1. The molecule has 23 heavy (non-hydrogen) atoms. The lowest BCUT2D eigenvalue weighted by molar-refractivity contribution is -0.0494. The second kappa shape index (κ2) is 6.19. The first-order chi connectivity index (χ1) is 10.9. The zero-order valence-corrected chi connectivity index (χ0v) is 14.4. The Labute approximate surface area is 138 Å². The number of amides is 1. The standard InChI is InChI=1S/C18H28N2O3/c1-17(2,3)23-16(21)20-9-5-15(11-18(20)7-4-8-18)19-12-14-6-10-22-13-14/h6,10,13,15,19H,4-5,7-9,11-12H2,1-3H3. The fourth-order valence-electron chi connectivity index (χ4n) is 3.68. The van der Waals surface area contributed by atoms with Crippen LogP contribution in [0.1, 0.15) is 58.4 Å². The summed E-state index contributed by atoms with van der Waals surface area (Å²) in [5, 5.41) is 3.62. The van der Waals surface area contributed by atoms with Crippen LogP contribution < -0.4 is 5.32 Å². The maximum absolute atomic E-state index is 12.5. The molecular weight excluding hydrogens is 292 g/mol. The molecule has 0 aromatic carbocycles. The van der Waals surface area contributed by atoms with Gasteiger partial charge >= 0.3 is 6.09 Å². The summed E-state index contributed by atoms with van der Waals surface area (Å²) >= 11 is 0. The zero-order valence-electron chi connectivity index (χ0n) is 14.4. The van der Waals surface area contributed by atoms with Crippen molar-refractivity contribution in [1.82, 2.24) is 10.2 Å². The topological polar surface area (TPSA) is 54.7 Å². The quantitative estimate of drug-likeness (QED) is 0.923. The highest BCUT2D eigenvalue weighted by atomic mass is 16.6. The fourth-order valence-corrected chi connectivity index (χ4v) is 3.68. The number of carbonyl (C=O) groups excluding carboxylic acids is 1. The van der Waals surface area contributed by atoms with Crippen molar-refractivity contribution in [3.05, 3.63) is 24.2 Å². The summed E-state index contributed by atoms with van der Waals surface area (Å²) in [6, 6.07) is 2.44. The van der Waals surface area contributed by atoms with Gasteiger partial charge in [0.2, 0.25) is 0 Å². The Bertz CT molecular complexity index is 529. The summed E-state index contributed by atoms with van der Waals surface area (Å²) < 4.78 is 10.7. The minimum absolute atomic E-state index is 0.00858. The van der Waals surface area contributed by atoms with Crippen molar-refractivity contribution < 1.29 is 13.9 Å². The van der Waals surface area contributed by atoms with Gasteiger partial charge in [-0.2, -0.15) is 0 Å². The molecule has 2 fully saturated rings. The molecule has 0 radical (unpaired) electrons. The first kappa shape index (κ1) is 16.4. The molecule has 1 aliphatic heterocycles. The molecule has 1 atom stereocenters. The lowest BCUT2D eigenvalue weighted by atomic mass is 9.69. The minimum Gasteiger partial charge on any atom is -0.472 e. The molecule has 1 aromatic heterocycles. The minimum atomic E-state index is -0.432. The van der Waals surface area contributed by atoms with Crippen molar-refractivity contribution in [2.75, 3.05) is 6.54 Å². The third-order valence-corrected chi connectivity index (χ3v) is 4.97. The second-order valence-electron chi connectivity index (χ2n) is 7.91. The Morgan fingerprint density at radius 3 is 2.83 bits per heavy atom. The SMILES string of the molecule is CC(C)(C)OC(=O)N1CCC(NCc2ccoc2)CC12CCC2. The molecule has 5 nitrogen and oxygen atoms in total. The molecule has 1 aliphatic carbocycles. The van der Waals surface area contributed by atoms with Gasteiger partial charge < -0.3 is 19.4 Å². The Morgan fingerprint density at radius 2 is 2.26 bits per heavy atom. The molecule has 5 heteroatoms. The van der Waals surface area contributed by atoms with E-state index < -0.39 is 5.60 Å². The second-order valence-corrected chi connectivity index (χ2v) is 7.91. The van der Waals surface area contributed by atoms with Crippen LogP contribution in [0.15, 0.2) is 23.0 Å². The normalized spacial score (nSPS) is 23.6. The number of likely N-dealkylation sites (tertiary alicyclic amines) is 1. The summed E-state index contributed by atoms with van der Waals surface area (Å²) in [5.74, 6) is 0. The molecule has 1 amide bonds. The van der Waals surface area contributed by atoms with E-state index in [1.165, 1.54) is 12.0 Å². The Balaban J connectivity index is 1.59. The van der Waals surface area contributed by atoms with Crippen molar-refractivity contribution in [3.8, 4) is 0 Å². The Morgan fingerprint density at radius 1 is 1.48 bits per heavy atom. The van der Waals surface area contributed by atoms with Gasteiger partial charge in [-0.3, -0.25) is 0 Å². The summed E-state index contributed by atoms with van der Waals surface area (Å²) in [6.07, 6.45) is 8.71. The van der Waals surface area contributed by atoms with Crippen molar-refractivity contribution in [3.63, 3.8) is 0 Å². The molecule has 1 spiro atoms. The van der Waals surface area contributed by atoms with Crippen LogP contribution in [0.2, 0.25) is 0 Å². The van der Waals surface area contributed by atoms with Crippen LogP contribution in [0.5, 0.6) is 0 Å². The maximum Gasteiger partial charge on any atom is 0.410 e. The molecule has 128 valence electrons. The van der Waals surface area contributed by atoms with Crippen molar-refractivity contribution in [2.45, 2.75) is 76.6 Å². The summed E-state index contributed by atoms with van der Waals surface area (Å²) in [4.78, 5) is 14.5. The van der Waals surface area contributed by atoms with Gasteiger partial charge in [-0.15, -0.1) is 0 Å². The highest BCUT2D eigenvalue weighted by Gasteiger charge is 2.49. The fraction of sp³-hybridized carbons (Fsp3) is 0.722. The van der Waals surface area contributed by atoms with E-state index in [-0.39, 0.29) is 11.6 Å². The number of nitrogens with zero attached hydrogens (tertiary/aromatic N) is 1.